The molecule has 0 aliphatic carbocycles. The molecule has 0 aromatic carbocycles. The Bertz CT molecular complexity index is 109. The highest BCUT2D eigenvalue weighted by Gasteiger charge is 1.93. The molecule has 0 aromatic rings. The first-order valence-electron chi connectivity index (χ1n) is 3.82. The van der Waals surface area contributed by atoms with Gasteiger partial charge in [0, 0.05) is 12.2 Å². The standard InChI is InChI=1S/C7H15NO2S/c8-7(9)5-3-1-2-4-6-11-10/h10H,1-6H2,(H2,8,9). The van der Waals surface area contributed by atoms with E-state index < -0.39 is 0 Å². The Hall–Kier alpha value is -0.220. The molecule has 0 saturated heterocycles. The van der Waals surface area contributed by atoms with E-state index in [1.807, 2.05) is 0 Å². The molecule has 0 spiro atoms. The summed E-state index contributed by atoms with van der Waals surface area (Å²) in [5.41, 5.74) is 4.95. The van der Waals surface area contributed by atoms with Gasteiger partial charge in [-0.3, -0.25) is 4.79 Å². The Morgan fingerprint density at radius 3 is 2.45 bits per heavy atom. The predicted molar refractivity (Wildman–Crippen MR) is 47.4 cm³/mol. The van der Waals surface area contributed by atoms with E-state index in [0.717, 1.165) is 43.5 Å². The number of unbranched alkanes of at least 4 members (excludes halogenated alkanes) is 3. The Labute approximate surface area is 71.6 Å². The molecule has 0 saturated carbocycles. The molecular weight excluding hydrogens is 162 g/mol. The summed E-state index contributed by atoms with van der Waals surface area (Å²) in [4.78, 5) is 10.3. The van der Waals surface area contributed by atoms with E-state index in [0.29, 0.717) is 6.42 Å². The minimum Gasteiger partial charge on any atom is -0.370 e. The monoisotopic (exact) mass is 177 g/mol. The molecule has 0 heterocycles. The van der Waals surface area contributed by atoms with E-state index >= 15 is 0 Å². The lowest BCUT2D eigenvalue weighted by Gasteiger charge is -1.96. The molecular formula is C7H15NO2S. The minimum atomic E-state index is -0.221. The van der Waals surface area contributed by atoms with Crippen molar-refractivity contribution in [3.05, 3.63) is 0 Å². The number of primary amides is 1. The van der Waals surface area contributed by atoms with Gasteiger partial charge in [-0.15, -0.1) is 0 Å². The van der Waals surface area contributed by atoms with Crippen molar-refractivity contribution in [3.63, 3.8) is 0 Å². The van der Waals surface area contributed by atoms with Gasteiger partial charge in [0.2, 0.25) is 5.91 Å². The fourth-order valence-electron chi connectivity index (χ4n) is 0.819. The van der Waals surface area contributed by atoms with Gasteiger partial charge in [-0.25, -0.2) is 0 Å². The van der Waals surface area contributed by atoms with Crippen LogP contribution in [0.4, 0.5) is 0 Å². The zero-order valence-corrected chi connectivity index (χ0v) is 7.40. The van der Waals surface area contributed by atoms with Crippen LogP contribution in [0.2, 0.25) is 0 Å². The van der Waals surface area contributed by atoms with Crippen LogP contribution in [0, 0.1) is 0 Å². The summed E-state index contributed by atoms with van der Waals surface area (Å²) in [5.74, 6) is 0.567. The maximum Gasteiger partial charge on any atom is 0.217 e. The fraction of sp³-hybridized carbons (Fsp3) is 0.857. The summed E-state index contributed by atoms with van der Waals surface area (Å²) < 4.78 is 8.35. The summed E-state index contributed by atoms with van der Waals surface area (Å²) in [6, 6.07) is 0. The normalized spacial score (nSPS) is 9.91. The Kier molecular flexibility index (Phi) is 7.72. The molecule has 0 unspecified atom stereocenters. The first-order valence-corrected chi connectivity index (χ1v) is 4.76. The fourth-order valence-corrected chi connectivity index (χ4v) is 1.15. The third-order valence-electron chi connectivity index (χ3n) is 1.41. The van der Waals surface area contributed by atoms with Crippen LogP contribution < -0.4 is 5.73 Å². The van der Waals surface area contributed by atoms with E-state index in [1.165, 1.54) is 0 Å². The molecule has 3 N–H and O–H groups in total. The van der Waals surface area contributed by atoms with Crippen LogP contribution in [0.25, 0.3) is 0 Å². The molecule has 0 aliphatic heterocycles. The van der Waals surface area contributed by atoms with E-state index in [9.17, 15) is 4.79 Å². The second-order valence-electron chi connectivity index (χ2n) is 2.46. The number of amides is 1. The molecule has 0 aliphatic rings. The molecule has 0 rings (SSSR count). The van der Waals surface area contributed by atoms with E-state index in [2.05, 4.69) is 0 Å². The number of rotatable bonds is 7. The van der Waals surface area contributed by atoms with Crippen molar-refractivity contribution in [3.8, 4) is 0 Å². The zero-order valence-electron chi connectivity index (χ0n) is 6.58. The van der Waals surface area contributed by atoms with Crippen LogP contribution in [0.3, 0.4) is 0 Å². The molecule has 0 radical (unpaired) electrons. The quantitative estimate of drug-likeness (QED) is 0.459. The van der Waals surface area contributed by atoms with Crippen molar-refractivity contribution < 1.29 is 9.35 Å². The molecule has 3 nitrogen and oxygen atoms in total. The third kappa shape index (κ3) is 9.78. The predicted octanol–water partition coefficient (Wildman–Crippen LogP) is 1.63. The van der Waals surface area contributed by atoms with Crippen molar-refractivity contribution >= 4 is 17.9 Å². The molecule has 1 amide bonds. The summed E-state index contributed by atoms with van der Waals surface area (Å²) in [7, 11) is 0. The first kappa shape index (κ1) is 10.8. The van der Waals surface area contributed by atoms with Crippen molar-refractivity contribution in [1.29, 1.82) is 0 Å². The van der Waals surface area contributed by atoms with Gasteiger partial charge in [0.1, 0.15) is 0 Å². The Balaban J connectivity index is 2.85. The van der Waals surface area contributed by atoms with Crippen LogP contribution in [0.5, 0.6) is 0 Å². The zero-order chi connectivity index (χ0) is 8.53. The van der Waals surface area contributed by atoms with Gasteiger partial charge in [0.25, 0.3) is 0 Å². The van der Waals surface area contributed by atoms with Crippen LogP contribution >= 0.6 is 12.0 Å². The molecule has 11 heavy (non-hydrogen) atoms. The lowest BCUT2D eigenvalue weighted by atomic mass is 10.1. The average Bonchev–Trinajstić information content (AvgIpc) is 1.96. The second kappa shape index (κ2) is 7.88. The maximum absolute atomic E-state index is 10.3. The average molecular weight is 177 g/mol. The van der Waals surface area contributed by atoms with Crippen molar-refractivity contribution in [2.24, 2.45) is 5.73 Å². The van der Waals surface area contributed by atoms with Gasteiger partial charge in [-0.05, 0) is 24.9 Å². The minimum absolute atomic E-state index is 0.221. The molecule has 0 fully saturated rings. The van der Waals surface area contributed by atoms with Gasteiger partial charge in [0.15, 0.2) is 0 Å². The smallest absolute Gasteiger partial charge is 0.217 e. The van der Waals surface area contributed by atoms with Crippen molar-refractivity contribution in [1.82, 2.24) is 0 Å². The summed E-state index contributed by atoms with van der Waals surface area (Å²) in [6.45, 7) is 0. The maximum atomic E-state index is 10.3. The summed E-state index contributed by atoms with van der Waals surface area (Å²) >= 11 is 0.874. The van der Waals surface area contributed by atoms with Crippen molar-refractivity contribution in [2.45, 2.75) is 32.1 Å². The Morgan fingerprint density at radius 1 is 1.27 bits per heavy atom. The van der Waals surface area contributed by atoms with Gasteiger partial charge in [-0.2, -0.15) is 0 Å². The van der Waals surface area contributed by atoms with E-state index in [4.69, 9.17) is 10.3 Å². The molecule has 0 bridgehead atoms. The lowest BCUT2D eigenvalue weighted by molar-refractivity contribution is -0.118. The molecule has 4 heteroatoms. The van der Waals surface area contributed by atoms with Gasteiger partial charge < -0.3 is 10.3 Å². The van der Waals surface area contributed by atoms with Crippen LogP contribution in [-0.4, -0.2) is 16.2 Å². The number of hydrogen-bond acceptors (Lipinski definition) is 3. The summed E-state index contributed by atoms with van der Waals surface area (Å²) in [5, 5.41) is 0. The van der Waals surface area contributed by atoms with Crippen LogP contribution in [0.15, 0.2) is 0 Å². The largest absolute Gasteiger partial charge is 0.370 e. The highest BCUT2D eigenvalue weighted by Crippen LogP contribution is 2.05. The second-order valence-corrected chi connectivity index (χ2v) is 3.13. The number of carbonyl (C=O) groups excluding carboxylic acids is 1. The third-order valence-corrected chi connectivity index (χ3v) is 1.88. The number of carbonyl (C=O) groups is 1. The van der Waals surface area contributed by atoms with Crippen LogP contribution in [0.1, 0.15) is 32.1 Å². The number of nitrogens with two attached hydrogens (primary N) is 1. The van der Waals surface area contributed by atoms with E-state index in [-0.39, 0.29) is 5.91 Å². The Morgan fingerprint density at radius 2 is 1.91 bits per heavy atom. The topological polar surface area (TPSA) is 63.3 Å². The van der Waals surface area contributed by atoms with Crippen molar-refractivity contribution in [2.75, 3.05) is 5.75 Å². The van der Waals surface area contributed by atoms with Crippen LogP contribution in [-0.2, 0) is 4.79 Å². The SMILES string of the molecule is NC(=O)CCCCCCSO. The number of hydrogen-bond donors (Lipinski definition) is 2. The van der Waals surface area contributed by atoms with Gasteiger partial charge in [0.05, 0.1) is 0 Å². The molecule has 0 aromatic heterocycles. The highest BCUT2D eigenvalue weighted by atomic mass is 32.2. The lowest BCUT2D eigenvalue weighted by Crippen LogP contribution is -2.09. The van der Waals surface area contributed by atoms with E-state index in [1.54, 1.807) is 0 Å². The van der Waals surface area contributed by atoms with Gasteiger partial charge >= 0.3 is 0 Å². The molecule has 0 atom stereocenters. The molecule has 66 valence electrons. The van der Waals surface area contributed by atoms with Gasteiger partial charge in [-0.1, -0.05) is 12.8 Å². The highest BCUT2D eigenvalue weighted by molar-refractivity contribution is 7.93. The summed E-state index contributed by atoms with van der Waals surface area (Å²) in [6.07, 6.45) is 4.49. The first-order chi connectivity index (χ1) is 5.27.